The number of alkyl halides is 17. The molecule has 0 aliphatic heterocycles. The second-order valence-corrected chi connectivity index (χ2v) is 29.6. The molecule has 5 nitrogen and oxygen atoms in total. The normalized spacial score (nSPS) is 15.4. The van der Waals surface area contributed by atoms with E-state index in [2.05, 4.69) is 4.74 Å². The van der Waals surface area contributed by atoms with Crippen LogP contribution in [0.5, 0.6) is 0 Å². The van der Waals surface area contributed by atoms with E-state index in [1.54, 1.807) is 26.2 Å². The molecule has 0 saturated carbocycles. The third-order valence-electron chi connectivity index (χ3n) is 6.43. The Morgan fingerprint density at radius 2 is 0.833 bits per heavy atom. The van der Waals surface area contributed by atoms with E-state index in [1.807, 2.05) is 19.6 Å². The summed E-state index contributed by atoms with van der Waals surface area (Å²) in [4.78, 5) is 0. The van der Waals surface area contributed by atoms with Crippen molar-refractivity contribution >= 4 is 33.8 Å². The first-order valence-corrected chi connectivity index (χ1v) is 26.0. The Balaban J connectivity index is -0.00000115. The first kappa shape index (κ1) is 65.3. The van der Waals surface area contributed by atoms with Gasteiger partial charge in [0, 0.05) is 13.2 Å². The van der Waals surface area contributed by atoms with Crippen LogP contribution in [-0.2, 0) is 17.1 Å². The first-order chi connectivity index (χ1) is 21.1. The lowest BCUT2D eigenvalue weighted by Gasteiger charge is -2.42. The minimum atomic E-state index is -8.68. The van der Waals surface area contributed by atoms with Crippen LogP contribution in [0.4, 0.5) is 74.6 Å². The maximum Gasteiger partial charge on any atom is 0.460 e. The molecule has 0 aliphatic rings. The van der Waals surface area contributed by atoms with Crippen LogP contribution < -0.4 is 0 Å². The Hall–Kier alpha value is -0.522. The summed E-state index contributed by atoms with van der Waals surface area (Å²) in [6.07, 6.45) is -7.90. The van der Waals surface area contributed by atoms with Crippen molar-refractivity contribution in [3.8, 4) is 0 Å². The summed E-state index contributed by atoms with van der Waals surface area (Å²) in [5, 5.41) is 9.17. The van der Waals surface area contributed by atoms with Crippen molar-refractivity contribution in [2.24, 2.45) is 0 Å². The molecule has 0 fully saturated rings. The summed E-state index contributed by atoms with van der Waals surface area (Å²) in [7, 11) is -11.2. The van der Waals surface area contributed by atoms with Gasteiger partial charge in [0.2, 0.25) is 0 Å². The number of ether oxygens (including phenoxy) is 1. The van der Waals surface area contributed by atoms with E-state index < -0.39 is 101 Å². The van der Waals surface area contributed by atoms with Crippen LogP contribution in [0, 0.1) is 0 Å². The number of aliphatic hydroxyl groups is 1. The van der Waals surface area contributed by atoms with Crippen LogP contribution in [-0.4, -0.2) is 106 Å². The topological polar surface area (TPSA) is 57.2 Å². The largest absolute Gasteiger partial charge is 0.460 e. The van der Waals surface area contributed by atoms with E-state index in [0.29, 0.717) is 12.5 Å². The van der Waals surface area contributed by atoms with Crippen LogP contribution in [0.15, 0.2) is 0 Å². The maximum absolute atomic E-state index is 14.2. The Kier molecular flexibility index (Phi) is 24.7. The van der Waals surface area contributed by atoms with E-state index >= 15 is 0 Å². The fourth-order valence-electron chi connectivity index (χ4n) is 4.52. The Bertz CT molecular complexity index is 1090. The zero-order chi connectivity index (χ0) is 39.8. The Labute approximate surface area is 312 Å². The molecule has 0 heterocycles. The number of hydrogen-bond acceptors (Lipinski definition) is 5. The van der Waals surface area contributed by atoms with Gasteiger partial charge in [0.25, 0.3) is 0 Å². The molecule has 0 radical (unpaired) electrons. The summed E-state index contributed by atoms with van der Waals surface area (Å²) >= 11 is 0. The van der Waals surface area contributed by atoms with E-state index in [1.165, 1.54) is 6.55 Å². The lowest BCUT2D eigenvalue weighted by molar-refractivity contribution is -0.462. The van der Waals surface area contributed by atoms with Gasteiger partial charge >= 0.3 is 64.8 Å². The molecular formula is C28H59F17O5Si4. The predicted octanol–water partition coefficient (Wildman–Crippen LogP) is 12.8. The summed E-state index contributed by atoms with van der Waals surface area (Å²) in [6, 6.07) is 0.251. The van der Waals surface area contributed by atoms with Gasteiger partial charge in [-0.1, -0.05) is 37.1 Å². The van der Waals surface area contributed by atoms with Crippen molar-refractivity contribution in [1.82, 2.24) is 0 Å². The number of hydrogen-bond donors (Lipinski definition) is 1. The van der Waals surface area contributed by atoms with Gasteiger partial charge < -0.3 is 22.2 Å². The van der Waals surface area contributed by atoms with Gasteiger partial charge in [-0.25, -0.2) is 0 Å². The Morgan fingerprint density at radius 3 is 1.19 bits per heavy atom. The molecule has 1 N–H and O–H groups in total. The van der Waals surface area contributed by atoms with Crippen molar-refractivity contribution < 1.29 is 96.8 Å². The molecule has 0 aromatic carbocycles. The van der Waals surface area contributed by atoms with Gasteiger partial charge in [-0.05, 0) is 77.3 Å². The third kappa shape index (κ3) is 14.4. The van der Waals surface area contributed by atoms with Gasteiger partial charge in [0.15, 0.2) is 16.6 Å². The van der Waals surface area contributed by atoms with E-state index in [-0.39, 0.29) is 49.8 Å². The van der Waals surface area contributed by atoms with Gasteiger partial charge in [0.1, 0.15) is 6.61 Å². The summed E-state index contributed by atoms with van der Waals surface area (Å²) < 4.78 is 252. The van der Waals surface area contributed by atoms with Crippen molar-refractivity contribution in [2.75, 3.05) is 19.8 Å². The van der Waals surface area contributed by atoms with Crippen LogP contribution in [0.25, 0.3) is 0 Å². The molecule has 54 heavy (non-hydrogen) atoms. The highest BCUT2D eigenvalue weighted by atomic mass is 28.5. The second-order valence-electron chi connectivity index (χ2n) is 13.3. The molecule has 26 heteroatoms. The molecule has 0 bridgehead atoms. The average Bonchev–Trinajstić information content (AvgIpc) is 2.83. The van der Waals surface area contributed by atoms with Crippen LogP contribution in [0.3, 0.4) is 0 Å². The predicted molar refractivity (Wildman–Crippen MR) is 184 cm³/mol. The minimum absolute atomic E-state index is 0. The van der Waals surface area contributed by atoms with E-state index in [4.69, 9.17) is 12.3 Å². The van der Waals surface area contributed by atoms with Crippen molar-refractivity contribution in [3.63, 3.8) is 0 Å². The smallest absolute Gasteiger partial charge is 0.437 e. The van der Waals surface area contributed by atoms with Crippen LogP contribution in [0.2, 0.25) is 64.5 Å². The van der Waals surface area contributed by atoms with Crippen molar-refractivity contribution in [1.29, 1.82) is 0 Å². The lowest BCUT2D eigenvalue weighted by Crippen LogP contribution is -2.74. The standard InChI is InChI=1S/C23H39F17O5Si4.5CH4/c1-46(2,3)43-48(6,7)45-49(8,44-47(4,5)13-9-11-41)14-10-12-42-15-16(24,25)17(26,27)18(28,29)19(30,31)20(32,33)21(34,35)22(36,37)23(38,39)40;;;;;/h41H,9-15H2,1-8H3;5*1H4. The zero-order valence-corrected chi connectivity index (χ0v) is 31.5. The third-order valence-corrected chi connectivity index (χ3v) is 21.3. The van der Waals surface area contributed by atoms with Gasteiger partial charge in [-0.2, -0.15) is 74.6 Å². The molecule has 0 saturated heterocycles. The highest BCUT2D eigenvalue weighted by Gasteiger charge is 2.95. The fraction of sp³-hybridized carbons (Fsp3) is 1.00. The summed E-state index contributed by atoms with van der Waals surface area (Å²) in [6.45, 7) is 9.72. The van der Waals surface area contributed by atoms with Crippen molar-refractivity contribution in [3.05, 3.63) is 0 Å². The van der Waals surface area contributed by atoms with E-state index in [9.17, 15) is 79.7 Å². The van der Waals surface area contributed by atoms with E-state index in [0.717, 1.165) is 0 Å². The van der Waals surface area contributed by atoms with Crippen molar-refractivity contribution in [2.45, 2.75) is 162 Å². The molecule has 0 aromatic rings. The molecule has 336 valence electrons. The average molecular weight is 911 g/mol. The fourth-order valence-corrected chi connectivity index (χ4v) is 23.4. The molecular weight excluding hydrogens is 852 g/mol. The molecule has 0 aromatic heterocycles. The monoisotopic (exact) mass is 910 g/mol. The van der Waals surface area contributed by atoms with Gasteiger partial charge in [0.05, 0.1) is 0 Å². The summed E-state index contributed by atoms with van der Waals surface area (Å²) in [5.41, 5.74) is 0. The lowest BCUT2D eigenvalue weighted by atomic mass is 9.89. The molecule has 1 atom stereocenters. The minimum Gasteiger partial charge on any atom is -0.437 e. The molecule has 0 aliphatic carbocycles. The van der Waals surface area contributed by atoms with Gasteiger partial charge in [-0.15, -0.1) is 0 Å². The highest BCUT2D eigenvalue weighted by molar-refractivity contribution is 6.89. The van der Waals surface area contributed by atoms with Crippen LogP contribution in [0.1, 0.15) is 50.0 Å². The quantitative estimate of drug-likeness (QED) is 0.0706. The molecule has 1 unspecified atom stereocenters. The second kappa shape index (κ2) is 20.4. The van der Waals surface area contributed by atoms with Gasteiger partial charge in [-0.3, -0.25) is 0 Å². The molecule has 0 rings (SSSR count). The Morgan fingerprint density at radius 1 is 0.463 bits per heavy atom. The summed E-state index contributed by atoms with van der Waals surface area (Å²) in [5.74, 6) is -56.9. The first-order valence-electron chi connectivity index (χ1n) is 14.1. The number of aliphatic hydroxyl groups excluding tert-OH is 1. The SMILES string of the molecule is C.C.C.C.C.C[Si](C)(C)O[Si](C)(C)O[Si](C)(CCCOCC(F)(F)C(F)(F)C(F)(F)C(F)(F)C(F)(F)C(F)(F)C(F)(F)C(F)(F)F)O[Si](C)(C)CCCO. The highest BCUT2D eigenvalue weighted by Crippen LogP contribution is 2.64. The molecule has 0 amide bonds. The molecule has 0 spiro atoms. The maximum atomic E-state index is 14.2. The number of rotatable bonds is 21. The number of halogens is 17. The zero-order valence-electron chi connectivity index (χ0n) is 27.5. The van der Waals surface area contributed by atoms with Crippen LogP contribution >= 0.6 is 0 Å².